The second kappa shape index (κ2) is 7.29. The number of carbonyl (C=O) groups is 1. The third kappa shape index (κ3) is 4.34. The molecule has 0 atom stereocenters. The van der Waals surface area contributed by atoms with Crippen molar-refractivity contribution in [1.82, 2.24) is 4.98 Å². The molecule has 1 aromatic carbocycles. The number of nitriles is 2. The van der Waals surface area contributed by atoms with Crippen molar-refractivity contribution in [1.29, 1.82) is 10.5 Å². The first-order valence-corrected chi connectivity index (χ1v) is 6.29. The molecule has 7 nitrogen and oxygen atoms in total. The second-order valence-electron chi connectivity index (χ2n) is 4.19. The fraction of sp³-hybridized carbons (Fsp3) is 0. The van der Waals surface area contributed by atoms with Crippen LogP contribution in [0.3, 0.4) is 0 Å². The Labute approximate surface area is 130 Å². The van der Waals surface area contributed by atoms with Crippen LogP contribution in [0.25, 0.3) is 0 Å². The molecule has 112 valence electrons. The molecule has 0 fully saturated rings. The summed E-state index contributed by atoms with van der Waals surface area (Å²) in [6, 6.07) is 11.4. The quantitative estimate of drug-likeness (QED) is 0.664. The van der Waals surface area contributed by atoms with Crippen LogP contribution in [0.15, 0.2) is 47.7 Å². The fourth-order valence-electron chi connectivity index (χ4n) is 1.52. The molecule has 23 heavy (non-hydrogen) atoms. The number of anilines is 2. The van der Waals surface area contributed by atoms with Crippen molar-refractivity contribution in [3.05, 3.63) is 54.0 Å². The van der Waals surface area contributed by atoms with Gasteiger partial charge in [-0.05, 0) is 36.4 Å². The number of carbonyl (C=O) groups excluding carboxylic acids is 1. The molecule has 1 aromatic heterocycles. The number of nitrogens with zero attached hydrogens (tertiary/aromatic N) is 4. The largest absolute Gasteiger partial charge is 0.307 e. The van der Waals surface area contributed by atoms with E-state index in [-0.39, 0.29) is 11.5 Å². The van der Waals surface area contributed by atoms with Crippen molar-refractivity contribution in [3.63, 3.8) is 0 Å². The van der Waals surface area contributed by atoms with Crippen molar-refractivity contribution in [3.8, 4) is 12.1 Å². The Hall–Kier alpha value is -3.78. The third-order valence-corrected chi connectivity index (χ3v) is 2.62. The van der Waals surface area contributed by atoms with Crippen LogP contribution < -0.4 is 10.7 Å². The average molecular weight is 308 g/mol. The molecule has 0 aliphatic rings. The Bertz CT molecular complexity index is 799. The topological polar surface area (TPSA) is 114 Å². The molecule has 0 bridgehead atoms. The van der Waals surface area contributed by atoms with Crippen LogP contribution in [0.1, 0.15) is 10.4 Å². The van der Waals surface area contributed by atoms with E-state index in [9.17, 15) is 9.18 Å². The highest BCUT2D eigenvalue weighted by molar-refractivity contribution is 6.10. The number of benzene rings is 1. The van der Waals surface area contributed by atoms with Gasteiger partial charge in [-0.1, -0.05) is 0 Å². The zero-order valence-corrected chi connectivity index (χ0v) is 11.6. The smallest absolute Gasteiger partial charge is 0.256 e. The number of hydrogen-bond acceptors (Lipinski definition) is 6. The SMILES string of the molecule is N#CC(C#N)=NNc1ccc(NC(=O)c2ccc(F)cc2)nc1. The van der Waals surface area contributed by atoms with Crippen molar-refractivity contribution in [2.24, 2.45) is 5.10 Å². The normalized spacial score (nSPS) is 9.17. The lowest BCUT2D eigenvalue weighted by atomic mass is 10.2. The van der Waals surface area contributed by atoms with Gasteiger partial charge >= 0.3 is 0 Å². The molecule has 1 amide bonds. The number of pyridine rings is 1. The van der Waals surface area contributed by atoms with Gasteiger partial charge in [-0.15, -0.1) is 0 Å². The monoisotopic (exact) mass is 308 g/mol. The van der Waals surface area contributed by atoms with Gasteiger partial charge in [0.2, 0.25) is 5.71 Å². The minimum atomic E-state index is -0.426. The number of rotatable bonds is 4. The van der Waals surface area contributed by atoms with E-state index in [0.29, 0.717) is 11.3 Å². The zero-order valence-electron chi connectivity index (χ0n) is 11.6. The van der Waals surface area contributed by atoms with E-state index in [2.05, 4.69) is 20.8 Å². The minimum absolute atomic E-state index is 0.287. The molecule has 8 heteroatoms. The van der Waals surface area contributed by atoms with E-state index >= 15 is 0 Å². The van der Waals surface area contributed by atoms with Gasteiger partial charge in [-0.25, -0.2) is 9.37 Å². The molecule has 0 aliphatic carbocycles. The van der Waals surface area contributed by atoms with Crippen LogP contribution in [0.2, 0.25) is 0 Å². The number of amides is 1. The molecule has 2 aromatic rings. The summed E-state index contributed by atoms with van der Waals surface area (Å²) in [5.41, 5.74) is 2.91. The fourth-order valence-corrected chi connectivity index (χ4v) is 1.52. The van der Waals surface area contributed by atoms with Crippen LogP contribution in [0.4, 0.5) is 15.9 Å². The second-order valence-corrected chi connectivity index (χ2v) is 4.19. The summed E-state index contributed by atoms with van der Waals surface area (Å²) in [5, 5.41) is 23.2. The van der Waals surface area contributed by atoms with E-state index in [1.807, 2.05) is 0 Å². The van der Waals surface area contributed by atoms with Gasteiger partial charge in [-0.3, -0.25) is 10.2 Å². The van der Waals surface area contributed by atoms with E-state index in [1.165, 1.54) is 36.5 Å². The Morgan fingerprint density at radius 3 is 2.39 bits per heavy atom. The first kappa shape index (κ1) is 15.6. The minimum Gasteiger partial charge on any atom is -0.307 e. The van der Waals surface area contributed by atoms with Crippen LogP contribution >= 0.6 is 0 Å². The molecule has 0 aliphatic heterocycles. The first-order chi connectivity index (χ1) is 11.1. The van der Waals surface area contributed by atoms with Crippen LogP contribution in [0, 0.1) is 28.5 Å². The lowest BCUT2D eigenvalue weighted by Gasteiger charge is -2.05. The van der Waals surface area contributed by atoms with E-state index in [0.717, 1.165) is 0 Å². The summed E-state index contributed by atoms with van der Waals surface area (Å²) in [6.07, 6.45) is 1.37. The number of aromatic nitrogens is 1. The van der Waals surface area contributed by atoms with E-state index in [4.69, 9.17) is 10.5 Å². The van der Waals surface area contributed by atoms with Crippen molar-refractivity contribution < 1.29 is 9.18 Å². The van der Waals surface area contributed by atoms with Gasteiger partial charge in [0.25, 0.3) is 5.91 Å². The summed E-state index contributed by atoms with van der Waals surface area (Å²) in [5.74, 6) is -0.563. The Balaban J connectivity index is 2.01. The molecular weight excluding hydrogens is 299 g/mol. The highest BCUT2D eigenvalue weighted by Gasteiger charge is 2.06. The van der Waals surface area contributed by atoms with Crippen molar-refractivity contribution in [2.45, 2.75) is 0 Å². The Kier molecular flexibility index (Phi) is 4.95. The Morgan fingerprint density at radius 1 is 1.13 bits per heavy atom. The van der Waals surface area contributed by atoms with Crippen LogP contribution in [0.5, 0.6) is 0 Å². The molecule has 0 spiro atoms. The number of hydrogen-bond donors (Lipinski definition) is 2. The number of nitrogens with one attached hydrogen (secondary N) is 2. The molecule has 2 rings (SSSR count). The maximum atomic E-state index is 12.8. The highest BCUT2D eigenvalue weighted by atomic mass is 19.1. The van der Waals surface area contributed by atoms with Gasteiger partial charge in [0.1, 0.15) is 23.8 Å². The molecule has 0 radical (unpaired) electrons. The molecule has 2 N–H and O–H groups in total. The Morgan fingerprint density at radius 2 is 1.83 bits per heavy atom. The maximum absolute atomic E-state index is 12.8. The third-order valence-electron chi connectivity index (χ3n) is 2.62. The van der Waals surface area contributed by atoms with Crippen LogP contribution in [-0.2, 0) is 0 Å². The summed E-state index contributed by atoms with van der Waals surface area (Å²) in [7, 11) is 0. The molecule has 0 unspecified atom stereocenters. The predicted molar refractivity (Wildman–Crippen MR) is 80.9 cm³/mol. The number of halogens is 1. The van der Waals surface area contributed by atoms with E-state index in [1.54, 1.807) is 18.2 Å². The summed E-state index contributed by atoms with van der Waals surface area (Å²) in [4.78, 5) is 15.9. The van der Waals surface area contributed by atoms with Crippen molar-refractivity contribution in [2.75, 3.05) is 10.7 Å². The average Bonchev–Trinajstić information content (AvgIpc) is 2.58. The van der Waals surface area contributed by atoms with Gasteiger partial charge in [-0.2, -0.15) is 15.6 Å². The zero-order chi connectivity index (χ0) is 16.7. The van der Waals surface area contributed by atoms with Crippen LogP contribution in [-0.4, -0.2) is 16.6 Å². The first-order valence-electron chi connectivity index (χ1n) is 6.29. The van der Waals surface area contributed by atoms with Crippen molar-refractivity contribution >= 4 is 23.1 Å². The summed E-state index contributed by atoms with van der Waals surface area (Å²) < 4.78 is 12.8. The molecule has 1 heterocycles. The van der Waals surface area contributed by atoms with E-state index < -0.39 is 11.7 Å². The van der Waals surface area contributed by atoms with Gasteiger partial charge in [0.15, 0.2) is 0 Å². The predicted octanol–water partition coefficient (Wildman–Crippen LogP) is 2.29. The lowest BCUT2D eigenvalue weighted by molar-refractivity contribution is 0.102. The van der Waals surface area contributed by atoms with Gasteiger partial charge in [0, 0.05) is 5.56 Å². The lowest BCUT2D eigenvalue weighted by Crippen LogP contribution is -2.12. The summed E-state index contributed by atoms with van der Waals surface area (Å²) in [6.45, 7) is 0. The summed E-state index contributed by atoms with van der Waals surface area (Å²) >= 11 is 0. The molecule has 0 saturated heterocycles. The van der Waals surface area contributed by atoms with Gasteiger partial charge < -0.3 is 5.32 Å². The standard InChI is InChI=1S/C15H9FN6O/c16-11-3-1-10(2-4-11)15(23)20-14-6-5-12(9-19-14)21-22-13(7-17)8-18/h1-6,9,21H,(H,19,20,23). The molecular formula is C15H9FN6O. The highest BCUT2D eigenvalue weighted by Crippen LogP contribution is 2.11. The molecule has 0 saturated carbocycles. The maximum Gasteiger partial charge on any atom is 0.256 e. The number of hydrazone groups is 1. The van der Waals surface area contributed by atoms with Gasteiger partial charge in [0.05, 0.1) is 11.9 Å².